The van der Waals surface area contributed by atoms with E-state index in [2.05, 4.69) is 10.1 Å². The van der Waals surface area contributed by atoms with Crippen molar-refractivity contribution in [2.75, 3.05) is 0 Å². The number of benzene rings is 1. The molecule has 0 saturated carbocycles. The van der Waals surface area contributed by atoms with Crippen LogP contribution in [0.2, 0.25) is 0 Å². The van der Waals surface area contributed by atoms with Crippen molar-refractivity contribution in [2.45, 2.75) is 13.1 Å². The van der Waals surface area contributed by atoms with E-state index in [0.717, 1.165) is 16.8 Å². The molecule has 0 saturated heterocycles. The first-order valence-corrected chi connectivity index (χ1v) is 7.32. The molecule has 0 aliphatic carbocycles. The lowest BCUT2D eigenvalue weighted by atomic mass is 10.1. The molecular formula is C17H12F3N3O3. The molecule has 0 atom stereocenters. The molecule has 0 aliphatic heterocycles. The normalized spacial score (nSPS) is 12.4. The molecule has 2 aromatic heterocycles. The number of carbonyl (C=O) groups is 1. The number of hydrogen-bond acceptors (Lipinski definition) is 4. The predicted molar refractivity (Wildman–Crippen MR) is 85.7 cm³/mol. The SMILES string of the molecule is Cc1cc(-c2ncn(/C=C(/C(=O)O)c3ccoc3)n2)cc(C(F)(F)F)c1. The monoisotopic (exact) mass is 363 g/mol. The number of alkyl halides is 3. The maximum absolute atomic E-state index is 13.0. The third-order valence-corrected chi connectivity index (χ3v) is 3.50. The largest absolute Gasteiger partial charge is 0.478 e. The van der Waals surface area contributed by atoms with Gasteiger partial charge in [0.25, 0.3) is 0 Å². The number of carboxylic acids is 1. The molecule has 26 heavy (non-hydrogen) atoms. The number of rotatable bonds is 4. The second kappa shape index (κ2) is 6.51. The average molecular weight is 363 g/mol. The van der Waals surface area contributed by atoms with Crippen LogP contribution in [-0.4, -0.2) is 25.8 Å². The minimum atomic E-state index is -4.49. The van der Waals surface area contributed by atoms with Crippen molar-refractivity contribution in [3.63, 3.8) is 0 Å². The van der Waals surface area contributed by atoms with Crippen LogP contribution < -0.4 is 0 Å². The summed E-state index contributed by atoms with van der Waals surface area (Å²) < 4.78 is 44.9. The zero-order valence-electron chi connectivity index (χ0n) is 13.4. The Bertz CT molecular complexity index is 973. The minimum Gasteiger partial charge on any atom is -0.478 e. The summed E-state index contributed by atoms with van der Waals surface area (Å²) in [6.45, 7) is 1.54. The van der Waals surface area contributed by atoms with Crippen LogP contribution in [0.3, 0.4) is 0 Å². The first kappa shape index (κ1) is 17.5. The van der Waals surface area contributed by atoms with E-state index in [0.29, 0.717) is 11.1 Å². The van der Waals surface area contributed by atoms with Crippen LogP contribution in [0.1, 0.15) is 16.7 Å². The highest BCUT2D eigenvalue weighted by molar-refractivity contribution is 6.19. The Kier molecular flexibility index (Phi) is 4.37. The Hall–Kier alpha value is -3.36. The second-order valence-electron chi connectivity index (χ2n) is 5.49. The van der Waals surface area contributed by atoms with Crippen molar-refractivity contribution in [3.05, 3.63) is 59.8 Å². The maximum Gasteiger partial charge on any atom is 0.416 e. The van der Waals surface area contributed by atoms with Gasteiger partial charge in [0.1, 0.15) is 6.33 Å². The molecule has 3 aromatic rings. The number of aliphatic carboxylic acids is 1. The maximum atomic E-state index is 13.0. The van der Waals surface area contributed by atoms with E-state index >= 15 is 0 Å². The van der Waals surface area contributed by atoms with Gasteiger partial charge in [0.2, 0.25) is 0 Å². The fraction of sp³-hybridized carbons (Fsp3) is 0.118. The van der Waals surface area contributed by atoms with Gasteiger partial charge in [-0.1, -0.05) is 0 Å². The van der Waals surface area contributed by atoms with Gasteiger partial charge in [-0.05, 0) is 36.8 Å². The number of aryl methyl sites for hydroxylation is 1. The lowest BCUT2D eigenvalue weighted by Gasteiger charge is -2.09. The molecule has 1 aromatic carbocycles. The van der Waals surface area contributed by atoms with Crippen LogP contribution in [-0.2, 0) is 11.0 Å². The smallest absolute Gasteiger partial charge is 0.416 e. The molecule has 0 unspecified atom stereocenters. The molecule has 0 fully saturated rings. The Balaban J connectivity index is 1.99. The Morgan fingerprint density at radius 3 is 2.69 bits per heavy atom. The molecule has 3 rings (SSSR count). The molecule has 2 heterocycles. The zero-order valence-corrected chi connectivity index (χ0v) is 13.4. The van der Waals surface area contributed by atoms with Gasteiger partial charge >= 0.3 is 12.1 Å². The standard InChI is InChI=1S/C17H12F3N3O3/c1-10-4-12(6-13(5-10)17(18,19)20)15-21-9-23(22-15)7-14(16(24)25)11-2-3-26-8-11/h2-9H,1H3,(H,24,25)/b14-7+. The Morgan fingerprint density at radius 1 is 1.31 bits per heavy atom. The molecule has 9 heteroatoms. The number of nitrogens with zero attached hydrogens (tertiary/aromatic N) is 3. The van der Waals surface area contributed by atoms with E-state index in [4.69, 9.17) is 4.42 Å². The van der Waals surface area contributed by atoms with Crippen molar-refractivity contribution in [1.29, 1.82) is 0 Å². The van der Waals surface area contributed by atoms with Gasteiger partial charge in [0.15, 0.2) is 5.82 Å². The molecule has 134 valence electrons. The fourth-order valence-corrected chi connectivity index (χ4v) is 2.35. The summed E-state index contributed by atoms with van der Waals surface area (Å²) in [6, 6.07) is 4.97. The van der Waals surface area contributed by atoms with Gasteiger partial charge in [-0.15, -0.1) is 5.10 Å². The summed E-state index contributed by atoms with van der Waals surface area (Å²) in [5.74, 6) is -1.16. The molecule has 0 spiro atoms. The Morgan fingerprint density at radius 2 is 2.08 bits per heavy atom. The van der Waals surface area contributed by atoms with Crippen LogP contribution in [0, 0.1) is 6.92 Å². The quantitative estimate of drug-likeness (QED) is 0.710. The van der Waals surface area contributed by atoms with Gasteiger partial charge in [-0.3, -0.25) is 0 Å². The van der Waals surface area contributed by atoms with E-state index < -0.39 is 17.7 Å². The molecule has 0 radical (unpaired) electrons. The average Bonchev–Trinajstić information content (AvgIpc) is 3.22. The van der Waals surface area contributed by atoms with Crippen LogP contribution in [0.4, 0.5) is 13.2 Å². The summed E-state index contributed by atoms with van der Waals surface area (Å²) in [5.41, 5.74) is 0.0138. The van der Waals surface area contributed by atoms with Gasteiger partial charge in [-0.25, -0.2) is 14.5 Å². The van der Waals surface area contributed by atoms with E-state index in [1.165, 1.54) is 44.1 Å². The third kappa shape index (κ3) is 3.66. The third-order valence-electron chi connectivity index (χ3n) is 3.50. The molecule has 0 amide bonds. The zero-order chi connectivity index (χ0) is 18.9. The summed E-state index contributed by atoms with van der Waals surface area (Å²) >= 11 is 0. The molecule has 1 N–H and O–H groups in total. The highest BCUT2D eigenvalue weighted by atomic mass is 19.4. The number of hydrogen-bond donors (Lipinski definition) is 1. The van der Waals surface area contributed by atoms with Crippen molar-refractivity contribution in [1.82, 2.24) is 14.8 Å². The minimum absolute atomic E-state index is 0.0485. The van der Waals surface area contributed by atoms with Gasteiger partial charge in [-0.2, -0.15) is 13.2 Å². The summed E-state index contributed by atoms with van der Waals surface area (Å²) in [7, 11) is 0. The fourth-order valence-electron chi connectivity index (χ4n) is 2.35. The summed E-state index contributed by atoms with van der Waals surface area (Å²) in [4.78, 5) is 15.4. The number of carboxylic acid groups (broad SMARTS) is 1. The van der Waals surface area contributed by atoms with E-state index in [1.54, 1.807) is 0 Å². The first-order chi connectivity index (χ1) is 12.2. The molecule has 0 aliphatic rings. The van der Waals surface area contributed by atoms with E-state index in [9.17, 15) is 23.1 Å². The Labute approximate surface area is 145 Å². The summed E-state index contributed by atoms with van der Waals surface area (Å²) in [6.07, 6.45) is 0.511. The lowest BCUT2D eigenvalue weighted by molar-refractivity contribution is -0.137. The van der Waals surface area contributed by atoms with Crippen molar-refractivity contribution in [2.24, 2.45) is 0 Å². The van der Waals surface area contributed by atoms with Gasteiger partial charge in [0.05, 0.1) is 23.7 Å². The van der Waals surface area contributed by atoms with Gasteiger partial charge < -0.3 is 9.52 Å². The number of furan rings is 1. The number of aromatic nitrogens is 3. The van der Waals surface area contributed by atoms with Crippen molar-refractivity contribution < 1.29 is 27.5 Å². The summed E-state index contributed by atoms with van der Waals surface area (Å²) in [5, 5.41) is 13.3. The molecule has 0 bridgehead atoms. The van der Waals surface area contributed by atoms with Crippen LogP contribution >= 0.6 is 0 Å². The van der Waals surface area contributed by atoms with E-state index in [1.807, 2.05) is 0 Å². The number of halogens is 3. The van der Waals surface area contributed by atoms with Crippen molar-refractivity contribution in [3.8, 4) is 11.4 Å². The topological polar surface area (TPSA) is 81.2 Å². The van der Waals surface area contributed by atoms with E-state index in [-0.39, 0.29) is 17.0 Å². The highest BCUT2D eigenvalue weighted by Gasteiger charge is 2.31. The van der Waals surface area contributed by atoms with Crippen LogP contribution in [0.15, 0.2) is 47.5 Å². The van der Waals surface area contributed by atoms with Crippen LogP contribution in [0.25, 0.3) is 23.2 Å². The van der Waals surface area contributed by atoms with Crippen LogP contribution in [0.5, 0.6) is 0 Å². The highest BCUT2D eigenvalue weighted by Crippen LogP contribution is 2.32. The lowest BCUT2D eigenvalue weighted by Crippen LogP contribution is -2.05. The molecule has 6 nitrogen and oxygen atoms in total. The first-order valence-electron chi connectivity index (χ1n) is 7.32. The van der Waals surface area contributed by atoms with Crippen molar-refractivity contribution >= 4 is 17.7 Å². The molecular weight excluding hydrogens is 351 g/mol. The predicted octanol–water partition coefficient (Wildman–Crippen LogP) is 3.95. The second-order valence-corrected chi connectivity index (χ2v) is 5.49. The van der Waals surface area contributed by atoms with Gasteiger partial charge in [0, 0.05) is 17.3 Å².